The van der Waals surface area contributed by atoms with Gasteiger partial charge in [0, 0.05) is 12.3 Å². The van der Waals surface area contributed by atoms with Gasteiger partial charge in [-0.2, -0.15) is 0 Å². The molecule has 1 aliphatic carbocycles. The molecule has 0 aliphatic heterocycles. The number of carbonyl (C=O) groups is 1. The van der Waals surface area contributed by atoms with E-state index in [1.54, 1.807) is 6.07 Å². The molecule has 3 heteroatoms. The normalized spacial score (nSPS) is 21.7. The lowest BCUT2D eigenvalue weighted by Crippen LogP contribution is -2.16. The van der Waals surface area contributed by atoms with Crippen molar-refractivity contribution in [2.75, 3.05) is 0 Å². The van der Waals surface area contributed by atoms with E-state index in [-0.39, 0.29) is 5.92 Å². The van der Waals surface area contributed by atoms with Crippen LogP contribution in [0.5, 0.6) is 0 Å². The van der Waals surface area contributed by atoms with E-state index >= 15 is 0 Å². The monoisotopic (exact) mass is 242 g/mol. The molecule has 1 aromatic carbocycles. The number of halogens is 2. The van der Waals surface area contributed by atoms with E-state index in [1.807, 2.05) is 12.1 Å². The molecule has 1 saturated carbocycles. The summed E-state index contributed by atoms with van der Waals surface area (Å²) in [6.07, 6.45) is 3.79. The highest BCUT2D eigenvalue weighted by Crippen LogP contribution is 2.33. The maximum absolute atomic E-state index is 11.7. The molecule has 15 heavy (non-hydrogen) atoms. The predicted molar refractivity (Wildman–Crippen MR) is 62.7 cm³/mol. The van der Waals surface area contributed by atoms with Crippen LogP contribution >= 0.6 is 23.2 Å². The van der Waals surface area contributed by atoms with Gasteiger partial charge in [-0.1, -0.05) is 35.7 Å². The van der Waals surface area contributed by atoms with Gasteiger partial charge in [0.2, 0.25) is 0 Å². The van der Waals surface area contributed by atoms with Crippen LogP contribution in [0, 0.1) is 0 Å². The number of Topliss-reactive ketones (excluding diaryl/α,β-unsaturated/α-hetero) is 1. The molecular formula is C12H12Cl2O. The first-order chi connectivity index (χ1) is 7.18. The van der Waals surface area contributed by atoms with Crippen molar-refractivity contribution in [1.82, 2.24) is 0 Å². The molecule has 0 bridgehead atoms. The smallest absolute Gasteiger partial charge is 0.140 e. The summed E-state index contributed by atoms with van der Waals surface area (Å²) < 4.78 is 0. The summed E-state index contributed by atoms with van der Waals surface area (Å²) in [5, 5.41) is 1.08. The molecule has 0 spiro atoms. The molecule has 0 heterocycles. The molecule has 0 radical (unpaired) electrons. The molecule has 1 fully saturated rings. The predicted octanol–water partition coefficient (Wildman–Crippen LogP) is 4.22. The molecule has 1 unspecified atom stereocenters. The molecular weight excluding hydrogens is 231 g/mol. The van der Waals surface area contributed by atoms with Crippen LogP contribution in [0.2, 0.25) is 10.0 Å². The molecule has 0 N–H and O–H groups in total. The van der Waals surface area contributed by atoms with Crippen LogP contribution in [-0.2, 0) is 4.79 Å². The Kier molecular flexibility index (Phi) is 3.32. The van der Waals surface area contributed by atoms with Crippen molar-refractivity contribution in [3.05, 3.63) is 33.8 Å². The number of hydrogen-bond donors (Lipinski definition) is 0. The first-order valence-electron chi connectivity index (χ1n) is 5.16. The number of hydrogen-bond acceptors (Lipinski definition) is 1. The molecule has 1 nitrogen and oxygen atoms in total. The van der Waals surface area contributed by atoms with Crippen LogP contribution in [0.15, 0.2) is 18.2 Å². The van der Waals surface area contributed by atoms with Crippen LogP contribution in [0.25, 0.3) is 0 Å². The van der Waals surface area contributed by atoms with Gasteiger partial charge in [0.05, 0.1) is 10.0 Å². The van der Waals surface area contributed by atoms with Gasteiger partial charge >= 0.3 is 0 Å². The number of ketones is 1. The second-order valence-electron chi connectivity index (χ2n) is 3.94. The third-order valence-electron chi connectivity index (χ3n) is 2.90. The van der Waals surface area contributed by atoms with Crippen molar-refractivity contribution < 1.29 is 4.79 Å². The van der Waals surface area contributed by atoms with E-state index < -0.39 is 0 Å². The molecule has 1 aliphatic rings. The first kappa shape index (κ1) is 11.0. The fraction of sp³-hybridized carbons (Fsp3) is 0.417. The van der Waals surface area contributed by atoms with Gasteiger partial charge in [-0.3, -0.25) is 4.79 Å². The molecule has 80 valence electrons. The third kappa shape index (κ3) is 2.35. The van der Waals surface area contributed by atoms with E-state index in [0.717, 1.165) is 24.8 Å². The standard InChI is InChI=1S/C12H12Cl2O/c13-10-6-5-8(7-11(10)14)9-3-1-2-4-12(9)15/h5-7,9H,1-4H2. The summed E-state index contributed by atoms with van der Waals surface area (Å²) in [5.41, 5.74) is 1.01. The Labute approximate surface area is 99.4 Å². The Morgan fingerprint density at radius 1 is 1.13 bits per heavy atom. The zero-order valence-corrected chi connectivity index (χ0v) is 9.81. The van der Waals surface area contributed by atoms with E-state index in [9.17, 15) is 4.79 Å². The van der Waals surface area contributed by atoms with E-state index in [0.29, 0.717) is 22.2 Å². The van der Waals surface area contributed by atoms with Gasteiger partial charge in [0.25, 0.3) is 0 Å². The lowest BCUT2D eigenvalue weighted by molar-refractivity contribution is -0.121. The lowest BCUT2D eigenvalue weighted by Gasteiger charge is -2.20. The molecule has 1 atom stereocenters. The first-order valence-corrected chi connectivity index (χ1v) is 5.92. The lowest BCUT2D eigenvalue weighted by atomic mass is 9.83. The van der Waals surface area contributed by atoms with Crippen molar-refractivity contribution in [3.63, 3.8) is 0 Å². The molecule has 1 aromatic rings. The summed E-state index contributed by atoms with van der Waals surface area (Å²) in [6, 6.07) is 5.49. The van der Waals surface area contributed by atoms with Crippen LogP contribution in [0.4, 0.5) is 0 Å². The van der Waals surface area contributed by atoms with E-state index in [2.05, 4.69) is 0 Å². The highest BCUT2D eigenvalue weighted by molar-refractivity contribution is 6.42. The van der Waals surface area contributed by atoms with Crippen molar-refractivity contribution in [2.45, 2.75) is 31.6 Å². The zero-order chi connectivity index (χ0) is 10.8. The quantitative estimate of drug-likeness (QED) is 0.721. The topological polar surface area (TPSA) is 17.1 Å². The Morgan fingerprint density at radius 2 is 1.93 bits per heavy atom. The Hall–Kier alpha value is -0.530. The molecule has 0 aromatic heterocycles. The van der Waals surface area contributed by atoms with Crippen molar-refractivity contribution in [1.29, 1.82) is 0 Å². The second-order valence-corrected chi connectivity index (χ2v) is 4.75. The minimum absolute atomic E-state index is 0.0357. The maximum Gasteiger partial charge on any atom is 0.140 e. The average Bonchev–Trinajstić information content (AvgIpc) is 2.23. The Balaban J connectivity index is 2.28. The van der Waals surface area contributed by atoms with Crippen LogP contribution in [0.1, 0.15) is 37.2 Å². The summed E-state index contributed by atoms with van der Waals surface area (Å²) in [7, 11) is 0. The largest absolute Gasteiger partial charge is 0.299 e. The molecule has 0 amide bonds. The van der Waals surface area contributed by atoms with Crippen molar-refractivity contribution >= 4 is 29.0 Å². The maximum atomic E-state index is 11.7. The highest BCUT2D eigenvalue weighted by Gasteiger charge is 2.23. The molecule has 2 rings (SSSR count). The summed E-state index contributed by atoms with van der Waals surface area (Å²) in [4.78, 5) is 11.7. The fourth-order valence-corrected chi connectivity index (χ4v) is 2.37. The zero-order valence-electron chi connectivity index (χ0n) is 8.30. The highest BCUT2D eigenvalue weighted by atomic mass is 35.5. The van der Waals surface area contributed by atoms with Gasteiger partial charge in [-0.25, -0.2) is 0 Å². The summed E-state index contributed by atoms with van der Waals surface area (Å²) in [5.74, 6) is 0.369. The van der Waals surface area contributed by atoms with Crippen LogP contribution in [0.3, 0.4) is 0 Å². The SMILES string of the molecule is O=C1CCCCC1c1ccc(Cl)c(Cl)c1. The Bertz CT molecular complexity index is 387. The van der Waals surface area contributed by atoms with Crippen molar-refractivity contribution in [3.8, 4) is 0 Å². The third-order valence-corrected chi connectivity index (χ3v) is 3.64. The number of benzene rings is 1. The summed E-state index contributed by atoms with van der Waals surface area (Å²) in [6.45, 7) is 0. The Morgan fingerprint density at radius 3 is 2.60 bits per heavy atom. The molecule has 0 saturated heterocycles. The van der Waals surface area contributed by atoms with Gasteiger partial charge in [0.15, 0.2) is 0 Å². The number of carbonyl (C=O) groups excluding carboxylic acids is 1. The summed E-state index contributed by atoms with van der Waals surface area (Å²) >= 11 is 11.8. The fourth-order valence-electron chi connectivity index (χ4n) is 2.06. The van der Waals surface area contributed by atoms with Crippen molar-refractivity contribution in [2.24, 2.45) is 0 Å². The minimum Gasteiger partial charge on any atom is -0.299 e. The number of rotatable bonds is 1. The van der Waals surface area contributed by atoms with Gasteiger partial charge in [0.1, 0.15) is 5.78 Å². The minimum atomic E-state index is 0.0357. The van der Waals surface area contributed by atoms with E-state index in [4.69, 9.17) is 23.2 Å². The van der Waals surface area contributed by atoms with Gasteiger partial charge < -0.3 is 0 Å². The van der Waals surface area contributed by atoms with E-state index in [1.165, 1.54) is 0 Å². The van der Waals surface area contributed by atoms with Crippen LogP contribution in [-0.4, -0.2) is 5.78 Å². The average molecular weight is 243 g/mol. The van der Waals surface area contributed by atoms with Gasteiger partial charge in [-0.05, 0) is 30.5 Å². The van der Waals surface area contributed by atoms with Gasteiger partial charge in [-0.15, -0.1) is 0 Å². The second kappa shape index (κ2) is 4.54. The van der Waals surface area contributed by atoms with Crippen LogP contribution < -0.4 is 0 Å².